The van der Waals surface area contributed by atoms with Crippen LogP contribution in [-0.4, -0.2) is 27.6 Å². The van der Waals surface area contributed by atoms with Crippen molar-refractivity contribution < 1.29 is 9.32 Å². The molecular formula is C20H22N4O2S. The van der Waals surface area contributed by atoms with Gasteiger partial charge in [-0.05, 0) is 45.2 Å². The van der Waals surface area contributed by atoms with Crippen LogP contribution in [0.4, 0.5) is 10.5 Å². The highest BCUT2D eigenvalue weighted by atomic mass is 32.1. The van der Waals surface area contributed by atoms with Gasteiger partial charge in [0.25, 0.3) is 0 Å². The van der Waals surface area contributed by atoms with E-state index in [4.69, 9.17) is 4.52 Å². The second-order valence-electron chi connectivity index (χ2n) is 6.83. The highest BCUT2D eigenvalue weighted by Gasteiger charge is 2.30. The summed E-state index contributed by atoms with van der Waals surface area (Å²) in [5, 5.41) is 10.2. The van der Waals surface area contributed by atoms with Gasteiger partial charge in [0.05, 0.1) is 16.7 Å². The number of carbonyl (C=O) groups is 1. The average molecular weight is 382 g/mol. The molecule has 1 saturated heterocycles. The monoisotopic (exact) mass is 382 g/mol. The number of hydrogen-bond donors (Lipinski definition) is 1. The normalized spacial score (nSPS) is 17.1. The molecule has 3 aromatic rings. The van der Waals surface area contributed by atoms with E-state index in [-0.39, 0.29) is 12.1 Å². The summed E-state index contributed by atoms with van der Waals surface area (Å²) in [7, 11) is 0. The van der Waals surface area contributed by atoms with Crippen molar-refractivity contribution in [1.82, 2.24) is 15.0 Å². The molecule has 1 aliphatic rings. The summed E-state index contributed by atoms with van der Waals surface area (Å²) in [6.45, 7) is 4.57. The van der Waals surface area contributed by atoms with E-state index in [0.717, 1.165) is 52.7 Å². The van der Waals surface area contributed by atoms with E-state index < -0.39 is 0 Å². The van der Waals surface area contributed by atoms with Gasteiger partial charge in [0.1, 0.15) is 11.5 Å². The summed E-state index contributed by atoms with van der Waals surface area (Å²) in [6, 6.07) is 9.58. The molecule has 0 aliphatic carbocycles. The van der Waals surface area contributed by atoms with Crippen molar-refractivity contribution in [1.29, 1.82) is 0 Å². The van der Waals surface area contributed by atoms with Crippen LogP contribution in [0, 0.1) is 13.8 Å². The van der Waals surface area contributed by atoms with Crippen molar-refractivity contribution in [3.63, 3.8) is 0 Å². The molecule has 1 aliphatic heterocycles. The molecule has 140 valence electrons. The Bertz CT molecular complexity index is 949. The van der Waals surface area contributed by atoms with Crippen LogP contribution in [0.15, 0.2) is 40.2 Å². The van der Waals surface area contributed by atoms with Gasteiger partial charge in [-0.1, -0.05) is 17.3 Å². The third-order valence-electron chi connectivity index (χ3n) is 4.78. The number of piperidine rings is 1. The molecule has 7 heteroatoms. The Morgan fingerprint density at radius 2 is 2.19 bits per heavy atom. The average Bonchev–Trinajstić information content (AvgIpc) is 3.30. The number of amides is 2. The van der Waals surface area contributed by atoms with Crippen LogP contribution in [0.1, 0.15) is 41.8 Å². The van der Waals surface area contributed by atoms with E-state index in [2.05, 4.69) is 15.5 Å². The lowest BCUT2D eigenvalue weighted by Crippen LogP contribution is -2.41. The van der Waals surface area contributed by atoms with E-state index in [1.165, 1.54) is 0 Å². The van der Waals surface area contributed by atoms with E-state index in [1.54, 1.807) is 11.3 Å². The van der Waals surface area contributed by atoms with Gasteiger partial charge < -0.3 is 14.7 Å². The molecule has 1 aromatic carbocycles. The van der Waals surface area contributed by atoms with E-state index in [9.17, 15) is 4.79 Å². The standard InChI is InChI=1S/C20H22N4O2S/c1-13-10-17(23-26-13)19-8-3-4-9-24(19)20(25)22-16-7-5-6-15(11-16)18-12-27-14(2)21-18/h5-7,10-12,19H,3-4,8-9H2,1-2H3,(H,22,25). The fourth-order valence-electron chi connectivity index (χ4n) is 3.47. The molecule has 0 radical (unpaired) electrons. The van der Waals surface area contributed by atoms with Gasteiger partial charge >= 0.3 is 6.03 Å². The Hall–Kier alpha value is -2.67. The minimum atomic E-state index is -0.105. The number of aryl methyl sites for hydroxylation is 2. The number of aromatic nitrogens is 2. The predicted octanol–water partition coefficient (Wildman–Crippen LogP) is 5.17. The van der Waals surface area contributed by atoms with Crippen molar-refractivity contribution in [2.45, 2.75) is 39.2 Å². The number of anilines is 1. The minimum Gasteiger partial charge on any atom is -0.361 e. The van der Waals surface area contributed by atoms with Gasteiger partial charge in [0.2, 0.25) is 0 Å². The SMILES string of the molecule is Cc1cc(C2CCCCN2C(=O)Nc2cccc(-c3csc(C)n3)c2)no1. The molecule has 2 aromatic heterocycles. The lowest BCUT2D eigenvalue weighted by Gasteiger charge is -2.34. The number of likely N-dealkylation sites (tertiary alicyclic amines) is 1. The molecule has 1 atom stereocenters. The van der Waals surface area contributed by atoms with Gasteiger partial charge in [-0.2, -0.15) is 0 Å². The second-order valence-corrected chi connectivity index (χ2v) is 7.89. The zero-order chi connectivity index (χ0) is 18.8. The van der Waals surface area contributed by atoms with Gasteiger partial charge in [0, 0.05) is 29.2 Å². The summed E-state index contributed by atoms with van der Waals surface area (Å²) in [6.07, 6.45) is 2.98. The highest BCUT2D eigenvalue weighted by molar-refractivity contribution is 7.09. The quantitative estimate of drug-likeness (QED) is 0.678. The van der Waals surface area contributed by atoms with Crippen LogP contribution in [0.3, 0.4) is 0 Å². The topological polar surface area (TPSA) is 71.3 Å². The summed E-state index contributed by atoms with van der Waals surface area (Å²) in [5.74, 6) is 0.766. The first-order chi connectivity index (χ1) is 13.1. The Balaban J connectivity index is 1.52. The lowest BCUT2D eigenvalue weighted by atomic mass is 9.99. The Morgan fingerprint density at radius 3 is 2.93 bits per heavy atom. The van der Waals surface area contributed by atoms with Crippen LogP contribution in [0.2, 0.25) is 0 Å². The van der Waals surface area contributed by atoms with Crippen LogP contribution in [0.5, 0.6) is 0 Å². The number of nitrogens with one attached hydrogen (secondary N) is 1. The molecule has 4 rings (SSSR count). The van der Waals surface area contributed by atoms with Gasteiger partial charge in [0.15, 0.2) is 0 Å². The predicted molar refractivity (Wildman–Crippen MR) is 106 cm³/mol. The summed E-state index contributed by atoms with van der Waals surface area (Å²) in [5.41, 5.74) is 3.53. The maximum atomic E-state index is 13.0. The molecule has 1 unspecified atom stereocenters. The number of benzene rings is 1. The summed E-state index contributed by atoms with van der Waals surface area (Å²) < 4.78 is 5.22. The van der Waals surface area contributed by atoms with E-state index >= 15 is 0 Å². The van der Waals surface area contributed by atoms with Crippen LogP contribution in [-0.2, 0) is 0 Å². The highest BCUT2D eigenvalue weighted by Crippen LogP contribution is 2.31. The number of urea groups is 1. The molecule has 0 spiro atoms. The molecule has 0 bridgehead atoms. The molecule has 27 heavy (non-hydrogen) atoms. The third-order valence-corrected chi connectivity index (χ3v) is 5.55. The van der Waals surface area contributed by atoms with E-state index in [1.807, 2.05) is 54.5 Å². The first-order valence-corrected chi connectivity index (χ1v) is 10.0. The number of hydrogen-bond acceptors (Lipinski definition) is 5. The smallest absolute Gasteiger partial charge is 0.322 e. The zero-order valence-electron chi connectivity index (χ0n) is 15.4. The first-order valence-electron chi connectivity index (χ1n) is 9.13. The number of carbonyl (C=O) groups excluding carboxylic acids is 1. The van der Waals surface area contributed by atoms with Crippen molar-refractivity contribution in [3.05, 3.63) is 52.2 Å². The van der Waals surface area contributed by atoms with Gasteiger partial charge in [-0.25, -0.2) is 9.78 Å². The fourth-order valence-corrected chi connectivity index (χ4v) is 4.09. The fraction of sp³-hybridized carbons (Fsp3) is 0.350. The summed E-state index contributed by atoms with van der Waals surface area (Å²) >= 11 is 1.62. The molecule has 6 nitrogen and oxygen atoms in total. The van der Waals surface area contributed by atoms with E-state index in [0.29, 0.717) is 6.54 Å². The van der Waals surface area contributed by atoms with Gasteiger partial charge in [-0.15, -0.1) is 11.3 Å². The first kappa shape index (κ1) is 17.7. The molecule has 0 saturated carbocycles. The maximum absolute atomic E-state index is 13.0. The minimum absolute atomic E-state index is 0.0411. The van der Waals surface area contributed by atoms with Crippen molar-refractivity contribution in [2.75, 3.05) is 11.9 Å². The largest absolute Gasteiger partial charge is 0.361 e. The maximum Gasteiger partial charge on any atom is 0.322 e. The molecule has 1 N–H and O–H groups in total. The molecule has 3 heterocycles. The van der Waals surface area contributed by atoms with Crippen LogP contribution >= 0.6 is 11.3 Å². The third kappa shape index (κ3) is 3.88. The van der Waals surface area contributed by atoms with Crippen molar-refractivity contribution >= 4 is 23.1 Å². The lowest BCUT2D eigenvalue weighted by molar-refractivity contribution is 0.159. The molecule has 1 fully saturated rings. The van der Waals surface area contributed by atoms with Crippen LogP contribution < -0.4 is 5.32 Å². The number of thiazole rings is 1. The molecular weight excluding hydrogens is 360 g/mol. The zero-order valence-corrected chi connectivity index (χ0v) is 16.3. The van der Waals surface area contributed by atoms with Crippen LogP contribution in [0.25, 0.3) is 11.3 Å². The Labute approximate surface area is 162 Å². The molecule has 2 amide bonds. The Morgan fingerprint density at radius 1 is 1.30 bits per heavy atom. The second kappa shape index (κ2) is 7.52. The van der Waals surface area contributed by atoms with Gasteiger partial charge in [-0.3, -0.25) is 0 Å². The van der Waals surface area contributed by atoms with Crippen molar-refractivity contribution in [2.24, 2.45) is 0 Å². The number of rotatable bonds is 3. The Kier molecular flexibility index (Phi) is 4.94. The summed E-state index contributed by atoms with van der Waals surface area (Å²) in [4.78, 5) is 19.3. The van der Waals surface area contributed by atoms with Crippen molar-refractivity contribution in [3.8, 4) is 11.3 Å². The number of nitrogens with zero attached hydrogens (tertiary/aromatic N) is 3.